The number of carbonyl (C=O) groups is 2. The lowest BCUT2D eigenvalue weighted by atomic mass is 10.1. The number of morpholine rings is 1. The summed E-state index contributed by atoms with van der Waals surface area (Å²) in [5, 5.41) is 13.9. The molecule has 2 aromatic carbocycles. The SMILES string of the molecule is CCOC(=O)c1ccc(N2CCOCC2)c(NC(=O)c2ccc(-c3cccc([N+](=O)[O-])c3)o2)c1. The quantitative estimate of drug-likeness (QED) is 0.314. The van der Waals surface area contributed by atoms with Gasteiger partial charge in [-0.05, 0) is 37.3 Å². The molecule has 0 bridgehead atoms. The number of carbonyl (C=O) groups excluding carboxylic acids is 2. The summed E-state index contributed by atoms with van der Waals surface area (Å²) in [4.78, 5) is 37.9. The van der Waals surface area contributed by atoms with Crippen LogP contribution in [0.25, 0.3) is 11.3 Å². The molecule has 2 heterocycles. The van der Waals surface area contributed by atoms with E-state index in [0.29, 0.717) is 48.9 Å². The van der Waals surface area contributed by atoms with Gasteiger partial charge in [-0.1, -0.05) is 12.1 Å². The van der Waals surface area contributed by atoms with Crippen molar-refractivity contribution in [1.29, 1.82) is 0 Å². The van der Waals surface area contributed by atoms with Gasteiger partial charge in [-0.2, -0.15) is 0 Å². The van der Waals surface area contributed by atoms with Gasteiger partial charge in [0.1, 0.15) is 5.76 Å². The van der Waals surface area contributed by atoms with Crippen LogP contribution in [0.5, 0.6) is 0 Å². The number of nitro benzene ring substituents is 1. The number of nitro groups is 1. The Labute approximate surface area is 195 Å². The zero-order chi connectivity index (χ0) is 24.1. The van der Waals surface area contributed by atoms with Gasteiger partial charge in [0, 0.05) is 30.8 Å². The third-order valence-corrected chi connectivity index (χ3v) is 5.28. The molecule has 1 fully saturated rings. The average molecular weight is 465 g/mol. The number of anilines is 2. The Morgan fingerprint density at radius 2 is 1.91 bits per heavy atom. The second kappa shape index (κ2) is 10.2. The first-order valence-electron chi connectivity index (χ1n) is 10.8. The van der Waals surface area contributed by atoms with E-state index in [-0.39, 0.29) is 18.1 Å². The van der Waals surface area contributed by atoms with Crippen molar-refractivity contribution in [2.24, 2.45) is 0 Å². The van der Waals surface area contributed by atoms with Crippen molar-refractivity contribution in [3.05, 3.63) is 76.0 Å². The van der Waals surface area contributed by atoms with Crippen LogP contribution < -0.4 is 10.2 Å². The number of furan rings is 1. The first kappa shape index (κ1) is 23.0. The van der Waals surface area contributed by atoms with Crippen LogP contribution in [0.1, 0.15) is 27.8 Å². The van der Waals surface area contributed by atoms with Crippen molar-refractivity contribution in [2.45, 2.75) is 6.92 Å². The molecule has 10 nitrogen and oxygen atoms in total. The summed E-state index contributed by atoms with van der Waals surface area (Å²) in [5.41, 5.74) is 1.89. The number of hydrogen-bond acceptors (Lipinski definition) is 8. The highest BCUT2D eigenvalue weighted by Crippen LogP contribution is 2.30. The Kier molecular flexibility index (Phi) is 6.88. The third kappa shape index (κ3) is 5.07. The fourth-order valence-electron chi connectivity index (χ4n) is 3.63. The molecule has 1 aliphatic heterocycles. The second-order valence-corrected chi connectivity index (χ2v) is 7.48. The molecule has 0 saturated carbocycles. The minimum atomic E-state index is -0.521. The van der Waals surface area contributed by atoms with E-state index >= 15 is 0 Å². The molecule has 0 unspecified atom stereocenters. The van der Waals surface area contributed by atoms with Crippen molar-refractivity contribution in [1.82, 2.24) is 0 Å². The zero-order valence-corrected chi connectivity index (χ0v) is 18.5. The smallest absolute Gasteiger partial charge is 0.338 e. The van der Waals surface area contributed by atoms with Crippen LogP contribution in [-0.2, 0) is 9.47 Å². The van der Waals surface area contributed by atoms with E-state index < -0.39 is 16.8 Å². The molecule has 0 radical (unpaired) electrons. The molecular formula is C24H23N3O7. The molecule has 10 heteroatoms. The Morgan fingerprint density at radius 1 is 1.12 bits per heavy atom. The molecule has 34 heavy (non-hydrogen) atoms. The van der Waals surface area contributed by atoms with E-state index in [0.717, 1.165) is 5.69 Å². The summed E-state index contributed by atoms with van der Waals surface area (Å²) in [6, 6.07) is 14.0. The van der Waals surface area contributed by atoms with E-state index in [4.69, 9.17) is 13.9 Å². The first-order valence-corrected chi connectivity index (χ1v) is 10.8. The maximum absolute atomic E-state index is 13.0. The summed E-state index contributed by atoms with van der Waals surface area (Å²) in [6.07, 6.45) is 0. The Bertz CT molecular complexity index is 1210. The van der Waals surface area contributed by atoms with Crippen LogP contribution in [0.4, 0.5) is 17.1 Å². The molecule has 1 amide bonds. The van der Waals surface area contributed by atoms with Gasteiger partial charge in [0.05, 0.1) is 41.7 Å². The fraction of sp³-hybridized carbons (Fsp3) is 0.250. The topological polar surface area (TPSA) is 124 Å². The van der Waals surface area contributed by atoms with Crippen LogP contribution in [-0.4, -0.2) is 49.7 Å². The number of nitrogens with one attached hydrogen (secondary N) is 1. The van der Waals surface area contributed by atoms with Crippen molar-refractivity contribution < 1.29 is 28.4 Å². The summed E-state index contributed by atoms with van der Waals surface area (Å²) in [6.45, 7) is 4.34. The van der Waals surface area contributed by atoms with Gasteiger partial charge in [-0.15, -0.1) is 0 Å². The predicted octanol–water partition coefficient (Wildman–Crippen LogP) is 4.12. The number of amides is 1. The monoisotopic (exact) mass is 465 g/mol. The molecule has 176 valence electrons. The number of nitrogens with zero attached hydrogens (tertiary/aromatic N) is 2. The van der Waals surface area contributed by atoms with Crippen LogP contribution in [0.3, 0.4) is 0 Å². The summed E-state index contributed by atoms with van der Waals surface area (Å²) in [7, 11) is 0. The molecular weight excluding hydrogens is 442 g/mol. The number of rotatable bonds is 7. The third-order valence-electron chi connectivity index (χ3n) is 5.28. The maximum atomic E-state index is 13.0. The van der Waals surface area contributed by atoms with Gasteiger partial charge < -0.3 is 24.1 Å². The van der Waals surface area contributed by atoms with Crippen molar-refractivity contribution in [3.8, 4) is 11.3 Å². The summed E-state index contributed by atoms with van der Waals surface area (Å²) < 4.78 is 16.2. The van der Waals surface area contributed by atoms with Gasteiger partial charge in [0.15, 0.2) is 5.76 Å². The van der Waals surface area contributed by atoms with Crippen LogP contribution >= 0.6 is 0 Å². The van der Waals surface area contributed by atoms with Crippen LogP contribution in [0.15, 0.2) is 59.0 Å². The molecule has 4 rings (SSSR count). The van der Waals surface area contributed by atoms with E-state index in [9.17, 15) is 19.7 Å². The van der Waals surface area contributed by atoms with Gasteiger partial charge in [-0.25, -0.2) is 4.79 Å². The maximum Gasteiger partial charge on any atom is 0.338 e. The molecule has 1 aliphatic rings. The van der Waals surface area contributed by atoms with Gasteiger partial charge in [0.25, 0.3) is 11.6 Å². The molecule has 0 spiro atoms. The molecule has 0 atom stereocenters. The lowest BCUT2D eigenvalue weighted by Crippen LogP contribution is -2.36. The minimum Gasteiger partial charge on any atom is -0.462 e. The van der Waals surface area contributed by atoms with E-state index in [1.165, 1.54) is 18.2 Å². The number of benzene rings is 2. The van der Waals surface area contributed by atoms with Crippen LogP contribution in [0, 0.1) is 10.1 Å². The van der Waals surface area contributed by atoms with E-state index in [2.05, 4.69) is 10.2 Å². The van der Waals surface area contributed by atoms with Crippen molar-refractivity contribution in [3.63, 3.8) is 0 Å². The standard InChI is InChI=1S/C24H23N3O7/c1-2-33-24(29)17-6-7-20(26-10-12-32-13-11-26)19(15-17)25-23(28)22-9-8-21(34-22)16-4-3-5-18(14-16)27(30)31/h3-9,14-15H,2,10-13H2,1H3,(H,25,28). The second-order valence-electron chi connectivity index (χ2n) is 7.48. The predicted molar refractivity (Wildman–Crippen MR) is 124 cm³/mol. The van der Waals surface area contributed by atoms with E-state index in [1.54, 1.807) is 43.3 Å². The molecule has 3 aromatic rings. The summed E-state index contributed by atoms with van der Waals surface area (Å²) >= 11 is 0. The zero-order valence-electron chi connectivity index (χ0n) is 18.5. The fourth-order valence-corrected chi connectivity index (χ4v) is 3.63. The largest absolute Gasteiger partial charge is 0.462 e. The van der Waals surface area contributed by atoms with Crippen LogP contribution in [0.2, 0.25) is 0 Å². The first-order chi connectivity index (χ1) is 16.5. The Balaban J connectivity index is 1.60. The van der Waals surface area contributed by atoms with Gasteiger partial charge >= 0.3 is 5.97 Å². The highest BCUT2D eigenvalue weighted by atomic mass is 16.6. The number of non-ortho nitro benzene ring substituents is 1. The molecule has 1 saturated heterocycles. The lowest BCUT2D eigenvalue weighted by Gasteiger charge is -2.30. The average Bonchev–Trinajstić information content (AvgIpc) is 3.35. The number of esters is 1. The normalized spacial score (nSPS) is 13.4. The highest BCUT2D eigenvalue weighted by Gasteiger charge is 2.21. The number of ether oxygens (including phenoxy) is 2. The Hall–Kier alpha value is -4.18. The highest BCUT2D eigenvalue weighted by molar-refractivity contribution is 6.05. The van der Waals surface area contributed by atoms with Crippen molar-refractivity contribution in [2.75, 3.05) is 43.1 Å². The van der Waals surface area contributed by atoms with Gasteiger partial charge in [0.2, 0.25) is 0 Å². The molecule has 1 N–H and O–H groups in total. The van der Waals surface area contributed by atoms with E-state index in [1.807, 2.05) is 0 Å². The molecule has 0 aliphatic carbocycles. The summed E-state index contributed by atoms with van der Waals surface area (Å²) in [5.74, 6) is -0.664. The van der Waals surface area contributed by atoms with Gasteiger partial charge in [-0.3, -0.25) is 14.9 Å². The lowest BCUT2D eigenvalue weighted by molar-refractivity contribution is -0.384. The molecule has 1 aromatic heterocycles. The van der Waals surface area contributed by atoms with Crippen molar-refractivity contribution >= 4 is 28.9 Å². The minimum absolute atomic E-state index is 0.0240. The Morgan fingerprint density at radius 3 is 2.65 bits per heavy atom. The number of hydrogen-bond donors (Lipinski definition) is 1.